The predicted octanol–water partition coefficient (Wildman–Crippen LogP) is 1.23. The predicted molar refractivity (Wildman–Crippen MR) is 74.0 cm³/mol. The molecule has 0 bridgehead atoms. The van der Waals surface area contributed by atoms with Crippen molar-refractivity contribution in [2.75, 3.05) is 13.7 Å². The van der Waals surface area contributed by atoms with Crippen LogP contribution in [0.15, 0.2) is 0 Å². The maximum Gasteiger partial charge on any atom is 0.316 e. The van der Waals surface area contributed by atoms with Gasteiger partial charge in [0.1, 0.15) is 5.92 Å². The number of rotatable bonds is 5. The fraction of sp³-hybridized carbons (Fsp3) is 0.857. The third kappa shape index (κ3) is 3.71. The van der Waals surface area contributed by atoms with Crippen molar-refractivity contribution >= 4 is 11.9 Å². The van der Waals surface area contributed by atoms with Crippen molar-refractivity contribution in [2.24, 2.45) is 11.8 Å². The smallest absolute Gasteiger partial charge is 0.316 e. The van der Waals surface area contributed by atoms with Crippen LogP contribution in [0.4, 0.5) is 0 Å². The summed E-state index contributed by atoms with van der Waals surface area (Å²) in [6.07, 6.45) is 4.60. The number of likely N-dealkylation sites (N-methyl/N-ethyl adjacent to an activating group) is 1. The highest BCUT2D eigenvalue weighted by atomic mass is 16.6. The summed E-state index contributed by atoms with van der Waals surface area (Å²) in [6.45, 7) is 1.81. The van der Waals surface area contributed by atoms with Gasteiger partial charge in [-0.05, 0) is 18.8 Å². The molecule has 0 aromatic rings. The molecule has 2 aliphatic carbocycles. The first-order valence-corrected chi connectivity index (χ1v) is 7.47. The monoisotopic (exact) mass is 298 g/mol. The Morgan fingerprint density at radius 1 is 1.33 bits per heavy atom. The number of carbonyl (C=O) groups excluding carboxylic acids is 2. The van der Waals surface area contributed by atoms with Crippen LogP contribution in [0.25, 0.3) is 0 Å². The second-order valence-electron chi connectivity index (χ2n) is 6.14. The minimum atomic E-state index is -0.830. The van der Waals surface area contributed by atoms with Gasteiger partial charge in [-0.15, -0.1) is 0 Å². The van der Waals surface area contributed by atoms with Gasteiger partial charge in [-0.25, -0.2) is 0 Å². The first kappa shape index (κ1) is 15.7. The van der Waals surface area contributed by atoms with E-state index in [0.717, 1.165) is 19.3 Å². The van der Waals surface area contributed by atoms with Gasteiger partial charge < -0.3 is 9.64 Å². The third-order valence-corrected chi connectivity index (χ3v) is 4.63. The summed E-state index contributed by atoms with van der Waals surface area (Å²) in [6, 6.07) is -0.638. The van der Waals surface area contributed by atoms with Crippen LogP contribution in [-0.2, 0) is 14.3 Å². The maximum atomic E-state index is 12.1. The molecule has 0 heterocycles. The number of hydrogen-bond acceptors (Lipinski definition) is 5. The summed E-state index contributed by atoms with van der Waals surface area (Å²) in [5, 5.41) is 10.5. The molecule has 0 aliphatic heterocycles. The summed E-state index contributed by atoms with van der Waals surface area (Å²) in [5.74, 6) is -1.09. The molecule has 2 aliphatic rings. The van der Waals surface area contributed by atoms with E-state index < -0.39 is 22.9 Å². The normalized spacial score (nSPS) is 31.3. The van der Waals surface area contributed by atoms with Crippen molar-refractivity contribution < 1.29 is 19.2 Å². The first-order chi connectivity index (χ1) is 9.91. The lowest BCUT2D eigenvalue weighted by molar-refractivity contribution is -0.497. The van der Waals surface area contributed by atoms with Gasteiger partial charge in [0.2, 0.25) is 6.04 Å². The average molecular weight is 298 g/mol. The summed E-state index contributed by atoms with van der Waals surface area (Å²) in [5.41, 5.74) is 0. The Hall–Kier alpha value is -1.66. The lowest BCUT2D eigenvalue weighted by atomic mass is 9.85. The largest absolute Gasteiger partial charge is 0.455 e. The quantitative estimate of drug-likeness (QED) is 0.432. The number of esters is 1. The molecule has 118 valence electrons. The van der Waals surface area contributed by atoms with Crippen LogP contribution in [0.3, 0.4) is 0 Å². The Morgan fingerprint density at radius 3 is 2.57 bits per heavy atom. The van der Waals surface area contributed by atoms with E-state index >= 15 is 0 Å². The van der Waals surface area contributed by atoms with E-state index in [1.54, 1.807) is 11.9 Å². The SMILES string of the molecule is C[C@@H]1CCCC[C@@H]1N(C)C(=O)COC(=O)[C@@H]1C[C@H]1[N+](=O)[O-]. The molecular formula is C14H22N2O5. The lowest BCUT2D eigenvalue weighted by Crippen LogP contribution is -2.44. The lowest BCUT2D eigenvalue weighted by Gasteiger charge is -2.36. The second kappa shape index (κ2) is 6.41. The van der Waals surface area contributed by atoms with Crippen LogP contribution < -0.4 is 0 Å². The number of nitrogens with zero attached hydrogens (tertiary/aromatic N) is 2. The summed E-state index contributed by atoms with van der Waals surface area (Å²) >= 11 is 0. The second-order valence-corrected chi connectivity index (χ2v) is 6.14. The van der Waals surface area contributed by atoms with Gasteiger partial charge in [-0.3, -0.25) is 19.7 Å². The fourth-order valence-electron chi connectivity index (χ4n) is 3.07. The molecule has 7 nitrogen and oxygen atoms in total. The van der Waals surface area contributed by atoms with Crippen molar-refractivity contribution in [1.82, 2.24) is 4.90 Å². The molecule has 0 spiro atoms. The zero-order valence-electron chi connectivity index (χ0n) is 12.5. The zero-order valence-corrected chi connectivity index (χ0v) is 12.5. The van der Waals surface area contributed by atoms with E-state index in [0.29, 0.717) is 5.92 Å². The third-order valence-electron chi connectivity index (χ3n) is 4.63. The molecular weight excluding hydrogens is 276 g/mol. The van der Waals surface area contributed by atoms with Gasteiger partial charge in [0.05, 0.1) is 0 Å². The van der Waals surface area contributed by atoms with Crippen molar-refractivity contribution in [2.45, 2.75) is 51.1 Å². The average Bonchev–Trinajstić information content (AvgIpc) is 3.24. The zero-order chi connectivity index (χ0) is 15.6. The summed E-state index contributed by atoms with van der Waals surface area (Å²) < 4.78 is 4.92. The van der Waals surface area contributed by atoms with Gasteiger partial charge in [-0.2, -0.15) is 0 Å². The van der Waals surface area contributed by atoms with Crippen LogP contribution in [-0.4, -0.2) is 47.4 Å². The minimum absolute atomic E-state index is 0.192. The molecule has 4 atom stereocenters. The van der Waals surface area contributed by atoms with E-state index in [4.69, 9.17) is 4.74 Å². The Kier molecular flexibility index (Phi) is 4.80. The Balaban J connectivity index is 1.76. The molecule has 0 N–H and O–H groups in total. The van der Waals surface area contributed by atoms with E-state index in [1.807, 2.05) is 0 Å². The maximum absolute atomic E-state index is 12.1. The number of hydrogen-bond donors (Lipinski definition) is 0. The van der Waals surface area contributed by atoms with Gasteiger partial charge in [-0.1, -0.05) is 19.8 Å². The Morgan fingerprint density at radius 2 is 2.00 bits per heavy atom. The number of amides is 1. The van der Waals surface area contributed by atoms with Gasteiger partial charge in [0.25, 0.3) is 5.91 Å². The fourth-order valence-corrected chi connectivity index (χ4v) is 3.07. The van der Waals surface area contributed by atoms with E-state index in [-0.39, 0.29) is 25.0 Å². The molecule has 0 aromatic carbocycles. The standard InChI is InChI=1S/C14H22N2O5/c1-9-5-3-4-6-11(9)15(2)13(17)8-21-14(18)10-7-12(10)16(19)20/h9-12H,3-8H2,1-2H3/t9-,10-,11+,12-/m1/s1. The first-order valence-electron chi connectivity index (χ1n) is 7.47. The van der Waals surface area contributed by atoms with Crippen LogP contribution in [0.1, 0.15) is 39.0 Å². The number of nitro groups is 1. The highest BCUT2D eigenvalue weighted by molar-refractivity contribution is 5.82. The Bertz CT molecular complexity index is 439. The molecule has 0 aromatic heterocycles. The number of carbonyl (C=O) groups is 2. The summed E-state index contributed by atoms with van der Waals surface area (Å²) in [7, 11) is 1.74. The topological polar surface area (TPSA) is 89.8 Å². The van der Waals surface area contributed by atoms with Gasteiger partial charge >= 0.3 is 5.97 Å². The van der Waals surface area contributed by atoms with Crippen LogP contribution in [0, 0.1) is 22.0 Å². The highest BCUT2D eigenvalue weighted by Gasteiger charge is 2.54. The molecule has 21 heavy (non-hydrogen) atoms. The molecule has 0 saturated heterocycles. The molecule has 0 unspecified atom stereocenters. The van der Waals surface area contributed by atoms with Crippen LogP contribution in [0.5, 0.6) is 0 Å². The van der Waals surface area contributed by atoms with Crippen LogP contribution >= 0.6 is 0 Å². The Labute approximate surface area is 123 Å². The molecule has 0 radical (unpaired) electrons. The highest BCUT2D eigenvalue weighted by Crippen LogP contribution is 2.34. The molecule has 2 rings (SSSR count). The van der Waals surface area contributed by atoms with Gasteiger partial charge in [0, 0.05) is 24.4 Å². The van der Waals surface area contributed by atoms with E-state index in [9.17, 15) is 19.7 Å². The molecule has 1 amide bonds. The van der Waals surface area contributed by atoms with Crippen molar-refractivity contribution in [3.05, 3.63) is 10.1 Å². The molecule has 7 heteroatoms. The number of ether oxygens (including phenoxy) is 1. The minimum Gasteiger partial charge on any atom is -0.455 e. The molecule has 2 saturated carbocycles. The van der Waals surface area contributed by atoms with Crippen LogP contribution in [0.2, 0.25) is 0 Å². The van der Waals surface area contributed by atoms with Gasteiger partial charge in [0.15, 0.2) is 6.61 Å². The van der Waals surface area contributed by atoms with Crippen molar-refractivity contribution in [3.63, 3.8) is 0 Å². The summed E-state index contributed by atoms with van der Waals surface area (Å²) in [4.78, 5) is 35.3. The molecule has 2 fully saturated rings. The van der Waals surface area contributed by atoms with Crippen molar-refractivity contribution in [1.29, 1.82) is 0 Å². The van der Waals surface area contributed by atoms with E-state index in [1.165, 1.54) is 6.42 Å². The van der Waals surface area contributed by atoms with E-state index in [2.05, 4.69) is 6.92 Å². The van der Waals surface area contributed by atoms with Crippen molar-refractivity contribution in [3.8, 4) is 0 Å².